The van der Waals surface area contributed by atoms with Gasteiger partial charge < -0.3 is 15.3 Å². The topological polar surface area (TPSA) is 122 Å². The molecular formula is C24H30N8O2S. The number of likely N-dealkylation sites (N-methyl/N-ethyl adjacent to an activating group) is 1. The highest BCUT2D eigenvalue weighted by atomic mass is 32.1. The van der Waals surface area contributed by atoms with Crippen molar-refractivity contribution in [3.63, 3.8) is 0 Å². The SMILES string of the molecule is CCC.CN1CCC(O)C1=O.Cn1cc(Nc2nccc(-c3nc(-c4ccccn4)cs3)n2)cn1. The molecule has 5 rings (SSSR count). The average molecular weight is 495 g/mol. The Morgan fingerprint density at radius 3 is 2.46 bits per heavy atom. The van der Waals surface area contributed by atoms with Crippen molar-refractivity contribution in [1.82, 2.24) is 34.6 Å². The quantitative estimate of drug-likeness (QED) is 0.440. The average Bonchev–Trinajstić information content (AvgIpc) is 3.59. The Morgan fingerprint density at radius 1 is 1.09 bits per heavy atom. The first-order chi connectivity index (χ1) is 16.9. The van der Waals surface area contributed by atoms with Crippen molar-refractivity contribution in [3.8, 4) is 22.1 Å². The second kappa shape index (κ2) is 12.7. The standard InChI is InChI=1S/C16H13N7S.C5H9NO2.C3H8/c1-23-9-11(8-19-23)20-16-18-7-5-13(22-16)15-21-14(10-24-15)12-4-2-3-6-17-12;1-6-3-2-4(7)5(6)8;1-3-2/h2-10H,1H3,(H,18,20,22);4,7H,2-3H2,1H3;3H2,1-2H3. The molecule has 1 aliphatic rings. The van der Waals surface area contributed by atoms with Gasteiger partial charge in [-0.05, 0) is 24.6 Å². The molecule has 5 heterocycles. The van der Waals surface area contributed by atoms with Crippen LogP contribution in [0.25, 0.3) is 22.1 Å². The van der Waals surface area contributed by atoms with Crippen LogP contribution in [0.2, 0.25) is 0 Å². The van der Waals surface area contributed by atoms with Gasteiger partial charge in [-0.15, -0.1) is 11.3 Å². The summed E-state index contributed by atoms with van der Waals surface area (Å²) in [5.41, 5.74) is 3.30. The van der Waals surface area contributed by atoms with E-state index in [1.807, 2.05) is 42.9 Å². The van der Waals surface area contributed by atoms with Gasteiger partial charge in [-0.2, -0.15) is 5.10 Å². The first-order valence-corrected chi connectivity index (χ1v) is 12.2. The number of carbonyl (C=O) groups is 1. The van der Waals surface area contributed by atoms with E-state index in [1.54, 1.807) is 30.3 Å². The Balaban J connectivity index is 0.000000260. The van der Waals surface area contributed by atoms with E-state index < -0.39 is 6.10 Å². The molecule has 0 radical (unpaired) electrons. The van der Waals surface area contributed by atoms with E-state index in [4.69, 9.17) is 5.11 Å². The Kier molecular flexibility index (Phi) is 9.39. The lowest BCUT2D eigenvalue weighted by molar-refractivity contribution is -0.133. The van der Waals surface area contributed by atoms with Crippen molar-refractivity contribution in [2.24, 2.45) is 7.05 Å². The van der Waals surface area contributed by atoms with Crippen LogP contribution in [-0.2, 0) is 11.8 Å². The molecule has 0 bridgehead atoms. The maximum Gasteiger partial charge on any atom is 0.251 e. The van der Waals surface area contributed by atoms with Crippen LogP contribution in [0.3, 0.4) is 0 Å². The number of aromatic nitrogens is 6. The molecule has 1 amide bonds. The van der Waals surface area contributed by atoms with E-state index in [1.165, 1.54) is 22.7 Å². The highest BCUT2D eigenvalue weighted by molar-refractivity contribution is 7.13. The number of rotatable bonds is 4. The van der Waals surface area contributed by atoms with E-state index in [2.05, 4.69) is 44.2 Å². The second-order valence-electron chi connectivity index (χ2n) is 7.82. The fourth-order valence-corrected chi connectivity index (χ4v) is 3.76. The molecule has 10 nitrogen and oxygen atoms in total. The van der Waals surface area contributed by atoms with E-state index in [0.29, 0.717) is 18.9 Å². The lowest BCUT2D eigenvalue weighted by Crippen LogP contribution is -2.24. The van der Waals surface area contributed by atoms with Crippen LogP contribution < -0.4 is 5.32 Å². The summed E-state index contributed by atoms with van der Waals surface area (Å²) in [5, 5.41) is 18.8. The summed E-state index contributed by atoms with van der Waals surface area (Å²) in [4.78, 5) is 29.8. The number of pyridine rings is 1. The van der Waals surface area contributed by atoms with Gasteiger partial charge in [0, 0.05) is 44.6 Å². The third-order valence-corrected chi connectivity index (χ3v) is 5.53. The molecule has 0 aliphatic carbocycles. The molecule has 0 saturated carbocycles. The Labute approximate surface area is 208 Å². The van der Waals surface area contributed by atoms with Crippen molar-refractivity contribution in [3.05, 3.63) is 54.4 Å². The zero-order chi connectivity index (χ0) is 25.2. The minimum absolute atomic E-state index is 0.148. The largest absolute Gasteiger partial charge is 0.383 e. The minimum Gasteiger partial charge on any atom is -0.383 e. The molecule has 1 atom stereocenters. The number of hydrogen-bond donors (Lipinski definition) is 2. The van der Waals surface area contributed by atoms with Crippen molar-refractivity contribution >= 4 is 28.9 Å². The second-order valence-corrected chi connectivity index (χ2v) is 8.68. The smallest absolute Gasteiger partial charge is 0.251 e. The number of anilines is 2. The molecule has 0 spiro atoms. The highest BCUT2D eigenvalue weighted by Crippen LogP contribution is 2.27. The van der Waals surface area contributed by atoms with Gasteiger partial charge in [0.15, 0.2) is 0 Å². The molecule has 1 saturated heterocycles. The van der Waals surface area contributed by atoms with Crippen molar-refractivity contribution in [2.75, 3.05) is 18.9 Å². The summed E-state index contributed by atoms with van der Waals surface area (Å²) < 4.78 is 1.71. The van der Waals surface area contributed by atoms with Crippen LogP contribution in [0.4, 0.5) is 11.6 Å². The van der Waals surface area contributed by atoms with Crippen LogP contribution in [0.5, 0.6) is 0 Å². The van der Waals surface area contributed by atoms with Gasteiger partial charge in [0.25, 0.3) is 5.91 Å². The first-order valence-electron chi connectivity index (χ1n) is 11.3. The number of nitrogens with one attached hydrogen (secondary N) is 1. The van der Waals surface area contributed by atoms with Gasteiger partial charge in [0.1, 0.15) is 22.5 Å². The maximum atomic E-state index is 10.6. The molecule has 1 aliphatic heterocycles. The van der Waals surface area contributed by atoms with Crippen molar-refractivity contribution in [2.45, 2.75) is 32.8 Å². The summed E-state index contributed by atoms with van der Waals surface area (Å²) in [5.74, 6) is 0.361. The number of likely N-dealkylation sites (tertiary alicyclic amines) is 1. The number of nitrogens with zero attached hydrogens (tertiary/aromatic N) is 7. The molecule has 1 fully saturated rings. The molecular weight excluding hydrogens is 464 g/mol. The Bertz CT molecular complexity index is 1200. The third kappa shape index (κ3) is 7.39. The van der Waals surface area contributed by atoms with Gasteiger partial charge in [-0.25, -0.2) is 15.0 Å². The fourth-order valence-electron chi connectivity index (χ4n) is 2.98. The number of aliphatic hydroxyl groups is 1. The molecule has 35 heavy (non-hydrogen) atoms. The van der Waals surface area contributed by atoms with Gasteiger partial charge >= 0.3 is 0 Å². The molecule has 2 N–H and O–H groups in total. The summed E-state index contributed by atoms with van der Waals surface area (Å²) >= 11 is 1.53. The van der Waals surface area contributed by atoms with Gasteiger partial charge in [0.2, 0.25) is 5.95 Å². The summed E-state index contributed by atoms with van der Waals surface area (Å²) in [6.07, 6.45) is 8.17. The Morgan fingerprint density at radius 2 is 1.89 bits per heavy atom. The van der Waals surface area contributed by atoms with Crippen LogP contribution in [0.1, 0.15) is 26.7 Å². The molecule has 0 aromatic carbocycles. The lowest BCUT2D eigenvalue weighted by Gasteiger charge is -2.04. The fraction of sp³-hybridized carbons (Fsp3) is 0.333. The maximum absolute atomic E-state index is 10.6. The number of aryl methyl sites for hydroxylation is 1. The number of carbonyl (C=O) groups excluding carboxylic acids is 1. The van der Waals surface area contributed by atoms with Crippen LogP contribution in [0, 0.1) is 0 Å². The molecule has 4 aromatic heterocycles. The summed E-state index contributed by atoms with van der Waals surface area (Å²) in [6, 6.07) is 7.61. The van der Waals surface area contributed by atoms with Crippen LogP contribution in [-0.4, -0.2) is 65.3 Å². The monoisotopic (exact) mass is 494 g/mol. The van der Waals surface area contributed by atoms with Gasteiger partial charge in [-0.1, -0.05) is 26.3 Å². The van der Waals surface area contributed by atoms with Crippen LogP contribution in [0.15, 0.2) is 54.4 Å². The number of hydrogen-bond acceptors (Lipinski definition) is 9. The van der Waals surface area contributed by atoms with E-state index >= 15 is 0 Å². The summed E-state index contributed by atoms with van der Waals surface area (Å²) in [7, 11) is 3.55. The number of aliphatic hydroxyl groups excluding tert-OH is 1. The van der Waals surface area contributed by atoms with Gasteiger partial charge in [0.05, 0.1) is 17.6 Å². The van der Waals surface area contributed by atoms with E-state index in [9.17, 15) is 4.79 Å². The molecule has 4 aromatic rings. The molecule has 184 valence electrons. The lowest BCUT2D eigenvalue weighted by atomic mass is 10.3. The molecule has 11 heteroatoms. The normalized spacial score (nSPS) is 14.6. The van der Waals surface area contributed by atoms with E-state index in [-0.39, 0.29) is 5.91 Å². The predicted molar refractivity (Wildman–Crippen MR) is 137 cm³/mol. The van der Waals surface area contributed by atoms with Crippen molar-refractivity contribution in [1.29, 1.82) is 0 Å². The van der Waals surface area contributed by atoms with Crippen LogP contribution >= 0.6 is 11.3 Å². The first kappa shape index (κ1) is 25.9. The van der Waals surface area contributed by atoms with Gasteiger partial charge in [-0.3, -0.25) is 14.5 Å². The number of thiazole rings is 1. The number of amides is 1. The highest BCUT2D eigenvalue weighted by Gasteiger charge is 2.26. The third-order valence-electron chi connectivity index (χ3n) is 4.67. The predicted octanol–water partition coefficient (Wildman–Crippen LogP) is 3.76. The van der Waals surface area contributed by atoms with Crippen molar-refractivity contribution < 1.29 is 9.90 Å². The summed E-state index contributed by atoms with van der Waals surface area (Å²) in [6.45, 7) is 4.94. The Hall–Kier alpha value is -3.70. The van der Waals surface area contributed by atoms with E-state index in [0.717, 1.165) is 27.8 Å². The molecule has 1 unspecified atom stereocenters. The zero-order valence-electron chi connectivity index (χ0n) is 20.3. The minimum atomic E-state index is -0.722. The zero-order valence-corrected chi connectivity index (χ0v) is 21.1.